The fraction of sp³-hybridized carbons (Fsp3) is 0.455. The van der Waals surface area contributed by atoms with Crippen LogP contribution in [-0.2, 0) is 0 Å². The molecule has 6 N–H and O–H groups in total. The molecule has 2 aromatic rings. The van der Waals surface area contributed by atoms with Crippen molar-refractivity contribution in [2.75, 3.05) is 6.61 Å². The van der Waals surface area contributed by atoms with E-state index in [4.69, 9.17) is 5.11 Å². The number of aromatic nitrogens is 3. The lowest BCUT2D eigenvalue weighted by Crippen LogP contribution is -2.35. The van der Waals surface area contributed by atoms with Crippen LogP contribution < -0.4 is 10.9 Å². The summed E-state index contributed by atoms with van der Waals surface area (Å²) >= 11 is 0. The number of aromatic amines is 2. The minimum Gasteiger partial charge on any atom is -0.395 e. The number of nitrogens with one attached hydrogen (secondary N) is 3. The molecule has 8 heteroatoms. The zero-order valence-corrected chi connectivity index (χ0v) is 9.87. The van der Waals surface area contributed by atoms with Crippen LogP contribution in [0.25, 0.3) is 11.0 Å². The molecule has 1 aliphatic heterocycles. The summed E-state index contributed by atoms with van der Waals surface area (Å²) in [6, 6.07) is -1.19. The molecule has 3 heterocycles. The average Bonchev–Trinajstić information content (AvgIpc) is 2.94. The third-order valence-electron chi connectivity index (χ3n) is 3.53. The highest BCUT2D eigenvalue weighted by atomic mass is 16.3. The molecule has 0 amide bonds. The number of hydrogen-bond acceptors (Lipinski definition) is 6. The lowest BCUT2D eigenvalue weighted by Gasteiger charge is -2.14. The smallest absolute Gasteiger partial charge is 0.275 e. The summed E-state index contributed by atoms with van der Waals surface area (Å²) in [5, 5.41) is 31.8. The topological polar surface area (TPSA) is 134 Å². The van der Waals surface area contributed by atoms with Gasteiger partial charge in [0.05, 0.1) is 31.1 Å². The van der Waals surface area contributed by atoms with Crippen LogP contribution in [-0.4, -0.2) is 55.1 Å². The van der Waals surface area contributed by atoms with Gasteiger partial charge >= 0.3 is 0 Å². The molecule has 102 valence electrons. The van der Waals surface area contributed by atoms with E-state index >= 15 is 0 Å². The zero-order chi connectivity index (χ0) is 13.6. The Morgan fingerprint density at radius 1 is 1.26 bits per heavy atom. The molecule has 0 aromatic carbocycles. The van der Waals surface area contributed by atoms with E-state index in [-0.39, 0.29) is 12.2 Å². The third kappa shape index (κ3) is 1.77. The molecule has 1 fully saturated rings. The van der Waals surface area contributed by atoms with Crippen LogP contribution in [0.2, 0.25) is 0 Å². The van der Waals surface area contributed by atoms with Crippen LogP contribution in [0.5, 0.6) is 0 Å². The van der Waals surface area contributed by atoms with Crippen molar-refractivity contribution in [3.05, 3.63) is 28.4 Å². The average molecular weight is 266 g/mol. The molecule has 0 unspecified atom stereocenters. The highest BCUT2D eigenvalue weighted by molar-refractivity contribution is 5.78. The molecule has 1 saturated heterocycles. The van der Waals surface area contributed by atoms with E-state index in [0.717, 1.165) is 0 Å². The van der Waals surface area contributed by atoms with Gasteiger partial charge in [-0.15, -0.1) is 0 Å². The highest BCUT2D eigenvalue weighted by Gasteiger charge is 2.42. The Kier molecular flexibility index (Phi) is 2.86. The van der Waals surface area contributed by atoms with Crippen LogP contribution in [0.15, 0.2) is 17.3 Å². The standard InChI is InChI=1S/C11H14N4O4/c16-2-5-9(17)10(18)7(15-5)4-1-12-8-6(4)13-3-14-11(8)19/h1,3,5,7,9-10,12,15-18H,2H2,(H,13,14,19)/t5-,7+,9+,10-/m1/s1. The fourth-order valence-electron chi connectivity index (χ4n) is 2.51. The molecule has 0 bridgehead atoms. The SMILES string of the molecule is O=c1[nH]cnc2c([C@@H]3N[C@H](CO)[C@H](O)[C@@H]3O)c[nH]c12. The first kappa shape index (κ1) is 12.3. The lowest BCUT2D eigenvalue weighted by atomic mass is 10.0. The molecular formula is C11H14N4O4. The molecule has 3 rings (SSSR count). The van der Waals surface area contributed by atoms with Gasteiger partial charge in [0.2, 0.25) is 0 Å². The van der Waals surface area contributed by atoms with Gasteiger partial charge in [-0.3, -0.25) is 4.79 Å². The van der Waals surface area contributed by atoms with E-state index in [1.165, 1.54) is 6.33 Å². The summed E-state index contributed by atoms with van der Waals surface area (Å²) < 4.78 is 0. The van der Waals surface area contributed by atoms with Gasteiger partial charge in [0, 0.05) is 11.8 Å². The zero-order valence-electron chi connectivity index (χ0n) is 9.87. The van der Waals surface area contributed by atoms with Gasteiger partial charge in [0.15, 0.2) is 0 Å². The first-order valence-corrected chi connectivity index (χ1v) is 5.91. The molecule has 0 radical (unpaired) electrons. The van der Waals surface area contributed by atoms with Gasteiger partial charge in [-0.05, 0) is 0 Å². The molecule has 1 aliphatic rings. The summed E-state index contributed by atoms with van der Waals surface area (Å²) in [6.45, 7) is -0.287. The predicted molar refractivity (Wildman–Crippen MR) is 65.5 cm³/mol. The van der Waals surface area contributed by atoms with Crippen LogP contribution >= 0.6 is 0 Å². The largest absolute Gasteiger partial charge is 0.395 e. The Bertz CT molecular complexity index is 651. The van der Waals surface area contributed by atoms with Gasteiger partial charge in [-0.1, -0.05) is 0 Å². The summed E-state index contributed by atoms with van der Waals surface area (Å²) in [6.07, 6.45) is 0.711. The normalized spacial score (nSPS) is 31.1. The molecular weight excluding hydrogens is 252 g/mol. The van der Waals surface area contributed by atoms with Crippen molar-refractivity contribution < 1.29 is 15.3 Å². The molecule has 4 atom stereocenters. The summed E-state index contributed by atoms with van der Waals surface area (Å²) in [5.74, 6) is 0. The first-order valence-electron chi connectivity index (χ1n) is 5.91. The molecule has 19 heavy (non-hydrogen) atoms. The Labute approximate surface area is 107 Å². The Morgan fingerprint density at radius 2 is 2.05 bits per heavy atom. The van der Waals surface area contributed by atoms with E-state index in [1.54, 1.807) is 6.20 Å². The van der Waals surface area contributed by atoms with E-state index in [0.29, 0.717) is 16.6 Å². The number of rotatable bonds is 2. The number of fused-ring (bicyclic) bond motifs is 1. The number of nitrogens with zero attached hydrogens (tertiary/aromatic N) is 1. The number of hydrogen-bond donors (Lipinski definition) is 6. The quantitative estimate of drug-likeness (QED) is 0.371. The van der Waals surface area contributed by atoms with Crippen molar-refractivity contribution in [3.8, 4) is 0 Å². The van der Waals surface area contributed by atoms with E-state index in [9.17, 15) is 15.0 Å². The van der Waals surface area contributed by atoms with E-state index < -0.39 is 24.3 Å². The maximum absolute atomic E-state index is 11.6. The highest BCUT2D eigenvalue weighted by Crippen LogP contribution is 2.30. The van der Waals surface area contributed by atoms with Crippen molar-refractivity contribution in [3.63, 3.8) is 0 Å². The van der Waals surface area contributed by atoms with Crippen LogP contribution in [0, 0.1) is 0 Å². The minimum absolute atomic E-state index is 0.287. The molecule has 0 saturated carbocycles. The maximum Gasteiger partial charge on any atom is 0.275 e. The Morgan fingerprint density at radius 3 is 2.74 bits per heavy atom. The van der Waals surface area contributed by atoms with E-state index in [2.05, 4.69) is 20.3 Å². The van der Waals surface area contributed by atoms with Crippen molar-refractivity contribution in [1.29, 1.82) is 0 Å². The van der Waals surface area contributed by atoms with E-state index in [1.807, 2.05) is 0 Å². The third-order valence-corrected chi connectivity index (χ3v) is 3.53. The van der Waals surface area contributed by atoms with Crippen molar-refractivity contribution in [1.82, 2.24) is 20.3 Å². The second-order valence-corrected chi connectivity index (χ2v) is 4.61. The van der Waals surface area contributed by atoms with Crippen LogP contribution in [0.3, 0.4) is 0 Å². The van der Waals surface area contributed by atoms with Crippen LogP contribution in [0.1, 0.15) is 11.6 Å². The van der Waals surface area contributed by atoms with Gasteiger partial charge < -0.3 is 30.6 Å². The lowest BCUT2D eigenvalue weighted by molar-refractivity contribution is 0.0196. The number of H-pyrrole nitrogens is 2. The fourth-order valence-corrected chi connectivity index (χ4v) is 2.51. The summed E-state index contributed by atoms with van der Waals surface area (Å²) in [4.78, 5) is 20.9. The van der Waals surface area contributed by atoms with Gasteiger partial charge in [0.25, 0.3) is 5.56 Å². The van der Waals surface area contributed by atoms with Crippen LogP contribution in [0.4, 0.5) is 0 Å². The number of aliphatic hydroxyl groups is 3. The van der Waals surface area contributed by atoms with Gasteiger partial charge in [0.1, 0.15) is 17.1 Å². The molecule has 8 nitrogen and oxygen atoms in total. The van der Waals surface area contributed by atoms with Gasteiger partial charge in [-0.2, -0.15) is 0 Å². The van der Waals surface area contributed by atoms with Gasteiger partial charge in [-0.25, -0.2) is 4.98 Å². The second kappa shape index (κ2) is 4.42. The van der Waals surface area contributed by atoms with Crippen molar-refractivity contribution in [2.45, 2.75) is 24.3 Å². The summed E-state index contributed by atoms with van der Waals surface area (Å²) in [5.41, 5.74) is 1.03. The molecule has 0 spiro atoms. The van der Waals surface area contributed by atoms with Crippen molar-refractivity contribution in [2.24, 2.45) is 0 Å². The predicted octanol–water partition coefficient (Wildman–Crippen LogP) is -2.02. The molecule has 2 aromatic heterocycles. The monoisotopic (exact) mass is 266 g/mol. The number of aliphatic hydroxyl groups excluding tert-OH is 3. The summed E-state index contributed by atoms with van der Waals surface area (Å²) in [7, 11) is 0. The Hall–Kier alpha value is -1.74. The Balaban J connectivity index is 2.06. The minimum atomic E-state index is -1.07. The molecule has 0 aliphatic carbocycles. The maximum atomic E-state index is 11.6. The van der Waals surface area contributed by atoms with Crippen molar-refractivity contribution >= 4 is 11.0 Å². The second-order valence-electron chi connectivity index (χ2n) is 4.61. The first-order chi connectivity index (χ1) is 9.13.